The molecule has 0 saturated carbocycles. The van der Waals surface area contributed by atoms with E-state index in [2.05, 4.69) is 35.1 Å². The number of halogens is 1. The molecule has 0 aliphatic rings. The third kappa shape index (κ3) is 4.82. The Morgan fingerprint density at radius 2 is 1.75 bits per heavy atom. The Morgan fingerprint density at radius 3 is 2.20 bits per heavy atom. The van der Waals surface area contributed by atoms with Crippen molar-refractivity contribution in [1.29, 1.82) is 0 Å². The van der Waals surface area contributed by atoms with Gasteiger partial charge >= 0.3 is 0 Å². The van der Waals surface area contributed by atoms with Crippen LogP contribution < -0.4 is 10.2 Å². The zero-order valence-electron chi connectivity index (χ0n) is 12.8. The molecular weight excluding hydrogens is 316 g/mol. The normalized spacial score (nSPS) is 12.3. The molecule has 0 heterocycles. The molecule has 1 amide bonds. The highest BCUT2D eigenvalue weighted by atomic mass is 79.9. The SMILES string of the molecule is CCC(CC)C(Br)CNC(=O)c1ccc(N(C)C)cc1. The number of benzene rings is 1. The number of nitrogens with zero attached hydrogens (tertiary/aromatic N) is 1. The van der Waals surface area contributed by atoms with Crippen LogP contribution in [0.2, 0.25) is 0 Å². The molecule has 0 bridgehead atoms. The second-order valence-electron chi connectivity index (χ2n) is 5.24. The van der Waals surface area contributed by atoms with E-state index < -0.39 is 0 Å². The summed E-state index contributed by atoms with van der Waals surface area (Å²) >= 11 is 3.68. The fourth-order valence-corrected chi connectivity index (χ4v) is 3.08. The van der Waals surface area contributed by atoms with Gasteiger partial charge in [-0.25, -0.2) is 0 Å². The molecule has 112 valence electrons. The maximum Gasteiger partial charge on any atom is 0.251 e. The van der Waals surface area contributed by atoms with Crippen LogP contribution in [0, 0.1) is 5.92 Å². The molecule has 0 aliphatic heterocycles. The molecule has 20 heavy (non-hydrogen) atoms. The van der Waals surface area contributed by atoms with E-state index in [0.717, 1.165) is 18.5 Å². The van der Waals surface area contributed by atoms with Gasteiger partial charge in [0.25, 0.3) is 5.91 Å². The van der Waals surface area contributed by atoms with E-state index in [1.165, 1.54) is 0 Å². The molecule has 0 fully saturated rings. The van der Waals surface area contributed by atoms with Crippen LogP contribution in [0.3, 0.4) is 0 Å². The van der Waals surface area contributed by atoms with Gasteiger partial charge in [-0.1, -0.05) is 42.6 Å². The van der Waals surface area contributed by atoms with Crippen LogP contribution in [0.1, 0.15) is 37.0 Å². The molecule has 0 saturated heterocycles. The van der Waals surface area contributed by atoms with Crippen LogP contribution in [0.4, 0.5) is 5.69 Å². The van der Waals surface area contributed by atoms with Gasteiger partial charge in [-0.15, -0.1) is 0 Å². The molecule has 0 aliphatic carbocycles. The molecule has 0 aromatic heterocycles. The Bertz CT molecular complexity index is 413. The van der Waals surface area contributed by atoms with Gasteiger partial charge < -0.3 is 10.2 Å². The predicted octanol–water partition coefficient (Wildman–Crippen LogP) is 3.68. The maximum absolute atomic E-state index is 12.1. The summed E-state index contributed by atoms with van der Waals surface area (Å²) in [4.78, 5) is 14.4. The number of carbonyl (C=O) groups is 1. The van der Waals surface area contributed by atoms with E-state index in [0.29, 0.717) is 22.9 Å². The fourth-order valence-electron chi connectivity index (χ4n) is 2.17. The van der Waals surface area contributed by atoms with E-state index >= 15 is 0 Å². The van der Waals surface area contributed by atoms with Crippen LogP contribution in [0.15, 0.2) is 24.3 Å². The highest BCUT2D eigenvalue weighted by Gasteiger charge is 2.16. The Hall–Kier alpha value is -1.03. The van der Waals surface area contributed by atoms with Gasteiger partial charge in [0.05, 0.1) is 0 Å². The molecule has 1 rings (SSSR count). The number of nitrogens with one attached hydrogen (secondary N) is 1. The lowest BCUT2D eigenvalue weighted by Crippen LogP contribution is -2.32. The van der Waals surface area contributed by atoms with E-state index in [1.54, 1.807) is 0 Å². The number of amides is 1. The number of anilines is 1. The summed E-state index contributed by atoms with van der Waals surface area (Å²) < 4.78 is 0. The Balaban J connectivity index is 2.54. The molecule has 1 atom stereocenters. The monoisotopic (exact) mass is 340 g/mol. The van der Waals surface area contributed by atoms with E-state index in [-0.39, 0.29) is 5.91 Å². The summed E-state index contributed by atoms with van der Waals surface area (Å²) in [5.41, 5.74) is 1.80. The Labute approximate surface area is 130 Å². The zero-order chi connectivity index (χ0) is 15.1. The smallest absolute Gasteiger partial charge is 0.251 e. The maximum atomic E-state index is 12.1. The molecule has 0 spiro atoms. The molecule has 3 nitrogen and oxygen atoms in total. The molecule has 1 unspecified atom stereocenters. The van der Waals surface area contributed by atoms with Crippen molar-refractivity contribution in [1.82, 2.24) is 5.32 Å². The van der Waals surface area contributed by atoms with Crippen LogP contribution in [-0.2, 0) is 0 Å². The summed E-state index contributed by atoms with van der Waals surface area (Å²) in [6.45, 7) is 5.04. The second kappa shape index (κ2) is 8.30. The second-order valence-corrected chi connectivity index (χ2v) is 6.42. The number of rotatable bonds is 7. The van der Waals surface area contributed by atoms with Gasteiger partial charge in [-0.05, 0) is 30.2 Å². The third-order valence-electron chi connectivity index (χ3n) is 3.66. The number of carbonyl (C=O) groups excluding carboxylic acids is 1. The van der Waals surface area contributed by atoms with Crippen molar-refractivity contribution in [2.75, 3.05) is 25.5 Å². The lowest BCUT2D eigenvalue weighted by Gasteiger charge is -2.20. The van der Waals surface area contributed by atoms with Gasteiger partial charge in [-0.2, -0.15) is 0 Å². The number of hydrogen-bond acceptors (Lipinski definition) is 2. The number of hydrogen-bond donors (Lipinski definition) is 1. The van der Waals surface area contributed by atoms with Crippen LogP contribution in [-0.4, -0.2) is 31.4 Å². The van der Waals surface area contributed by atoms with Gasteiger partial charge in [0.1, 0.15) is 0 Å². The topological polar surface area (TPSA) is 32.3 Å². The summed E-state index contributed by atoms with van der Waals surface area (Å²) in [7, 11) is 3.97. The molecule has 1 aromatic carbocycles. The summed E-state index contributed by atoms with van der Waals surface area (Å²) in [5.74, 6) is 0.595. The number of alkyl halides is 1. The Morgan fingerprint density at radius 1 is 1.20 bits per heavy atom. The zero-order valence-corrected chi connectivity index (χ0v) is 14.4. The summed E-state index contributed by atoms with van der Waals surface area (Å²) in [6.07, 6.45) is 2.25. The minimum absolute atomic E-state index is 0.00860. The first kappa shape index (κ1) is 17.0. The average Bonchev–Trinajstić information content (AvgIpc) is 2.46. The van der Waals surface area contributed by atoms with E-state index in [9.17, 15) is 4.79 Å². The predicted molar refractivity (Wildman–Crippen MR) is 89.9 cm³/mol. The Kier molecular flexibility index (Phi) is 7.06. The van der Waals surface area contributed by atoms with Crippen LogP contribution >= 0.6 is 15.9 Å². The van der Waals surface area contributed by atoms with Crippen molar-refractivity contribution < 1.29 is 4.79 Å². The highest BCUT2D eigenvalue weighted by Crippen LogP contribution is 2.19. The summed E-state index contributed by atoms with van der Waals surface area (Å²) in [6, 6.07) is 7.65. The first-order valence-electron chi connectivity index (χ1n) is 7.19. The van der Waals surface area contributed by atoms with Gasteiger partial charge in [-0.3, -0.25) is 4.79 Å². The minimum atomic E-state index is -0.00860. The van der Waals surface area contributed by atoms with Crippen LogP contribution in [0.5, 0.6) is 0 Å². The first-order valence-corrected chi connectivity index (χ1v) is 8.10. The quantitative estimate of drug-likeness (QED) is 0.768. The molecule has 4 heteroatoms. The molecule has 0 radical (unpaired) electrons. The van der Waals surface area contributed by atoms with Crippen LogP contribution in [0.25, 0.3) is 0 Å². The van der Waals surface area contributed by atoms with Crippen molar-refractivity contribution in [2.45, 2.75) is 31.5 Å². The average molecular weight is 341 g/mol. The lowest BCUT2D eigenvalue weighted by molar-refractivity contribution is 0.0952. The van der Waals surface area contributed by atoms with Crippen molar-refractivity contribution in [3.63, 3.8) is 0 Å². The van der Waals surface area contributed by atoms with Crippen molar-refractivity contribution in [2.24, 2.45) is 5.92 Å². The molecule has 1 aromatic rings. The van der Waals surface area contributed by atoms with E-state index in [4.69, 9.17) is 0 Å². The minimum Gasteiger partial charge on any atom is -0.378 e. The fraction of sp³-hybridized carbons (Fsp3) is 0.562. The molecule has 1 N–H and O–H groups in total. The third-order valence-corrected chi connectivity index (χ3v) is 4.74. The summed E-state index contributed by atoms with van der Waals surface area (Å²) in [5, 5.41) is 3.00. The largest absolute Gasteiger partial charge is 0.378 e. The lowest BCUT2D eigenvalue weighted by atomic mass is 9.99. The van der Waals surface area contributed by atoms with Crippen molar-refractivity contribution in [3.8, 4) is 0 Å². The highest BCUT2D eigenvalue weighted by molar-refractivity contribution is 9.09. The van der Waals surface area contributed by atoms with Gasteiger partial charge in [0.2, 0.25) is 0 Å². The van der Waals surface area contributed by atoms with Crippen molar-refractivity contribution in [3.05, 3.63) is 29.8 Å². The van der Waals surface area contributed by atoms with Gasteiger partial charge in [0, 0.05) is 36.7 Å². The van der Waals surface area contributed by atoms with Crippen molar-refractivity contribution >= 4 is 27.5 Å². The first-order chi connectivity index (χ1) is 9.49. The van der Waals surface area contributed by atoms with E-state index in [1.807, 2.05) is 43.3 Å². The standard InChI is InChI=1S/C16H25BrN2O/c1-5-12(6-2)15(17)11-18-16(20)13-7-9-14(10-8-13)19(3)4/h7-10,12,15H,5-6,11H2,1-4H3,(H,18,20). The van der Waals surface area contributed by atoms with Gasteiger partial charge in [0.15, 0.2) is 0 Å². The molecular formula is C16H25BrN2O.